The third-order valence-corrected chi connectivity index (χ3v) is 18.0. The zero-order chi connectivity index (χ0) is 43.6. The summed E-state index contributed by atoms with van der Waals surface area (Å²) < 4.78 is 23.0. The lowest BCUT2D eigenvalue weighted by Gasteiger charge is -2.72. The van der Waals surface area contributed by atoms with Gasteiger partial charge in [-0.2, -0.15) is 0 Å². The van der Waals surface area contributed by atoms with Crippen LogP contribution in [0.3, 0.4) is 0 Å². The Morgan fingerprint density at radius 2 is 1.46 bits per heavy atom. The Labute approximate surface area is 346 Å². The molecule has 59 heavy (non-hydrogen) atoms. The molecule has 0 aromatic rings. The molecular weight excluding hydrogens is 772 g/mol. The van der Waals surface area contributed by atoms with Gasteiger partial charge in [0, 0.05) is 16.7 Å². The van der Waals surface area contributed by atoms with E-state index in [1.165, 1.54) is 0 Å². The van der Waals surface area contributed by atoms with Crippen LogP contribution in [0.15, 0.2) is 24.0 Å². The molecule has 0 radical (unpaired) electrons. The van der Waals surface area contributed by atoms with Gasteiger partial charge in [-0.1, -0.05) is 52.8 Å². The van der Waals surface area contributed by atoms with E-state index in [2.05, 4.69) is 33.4 Å². The van der Waals surface area contributed by atoms with Crippen LogP contribution in [0, 0.1) is 50.7 Å². The second-order valence-electron chi connectivity index (χ2n) is 20.6. The summed E-state index contributed by atoms with van der Waals surface area (Å²) in [5.41, 5.74) is -3.01. The molecule has 23 atom stereocenters. The summed E-state index contributed by atoms with van der Waals surface area (Å²) in [6.07, 6.45) is -14.6. The summed E-state index contributed by atoms with van der Waals surface area (Å²) in [6, 6.07) is 0. The SMILES string of the molecule is C=C(O[C@H]1O[C@H]([C@H](O)O[C@H]2O[C@H](CO)[C@@H](O)[C@H](O)[C@H]2O)[C@@H](O)[C@H](O)[C@H]1O)[C@]12CC[C@@H](C)[C@@](C)(O)[C@@H]1C1=CC[C@@H]3[C@@]4(C)C[C@@H](O)[C@@H](O)[C@@](C)(CO)[C@H]4CC[C@@]3(C)[C@]1(C)CC2. The van der Waals surface area contributed by atoms with E-state index < -0.39 is 120 Å². The maximum Gasteiger partial charge on any atom is 0.228 e. The van der Waals surface area contributed by atoms with Crippen molar-refractivity contribution >= 4 is 0 Å². The number of aliphatic hydroxyl groups is 12. The predicted molar refractivity (Wildman–Crippen MR) is 207 cm³/mol. The highest BCUT2D eigenvalue weighted by molar-refractivity contribution is 5.38. The van der Waals surface area contributed by atoms with Crippen LogP contribution in [-0.2, 0) is 18.9 Å². The number of fused-ring (bicyclic) bond motifs is 7. The average Bonchev–Trinajstić information content (AvgIpc) is 3.18. The van der Waals surface area contributed by atoms with Crippen LogP contribution in [0.4, 0.5) is 0 Å². The minimum atomic E-state index is -2.15. The number of ether oxygens (including phenoxy) is 4. The van der Waals surface area contributed by atoms with Crippen molar-refractivity contribution in [3.05, 3.63) is 24.0 Å². The van der Waals surface area contributed by atoms with Crippen LogP contribution in [0.5, 0.6) is 0 Å². The minimum Gasteiger partial charge on any atom is -0.466 e. The molecule has 2 heterocycles. The minimum absolute atomic E-state index is 0.0237. The van der Waals surface area contributed by atoms with Crippen LogP contribution in [-0.4, -0.2) is 160 Å². The molecule has 4 saturated carbocycles. The fourth-order valence-corrected chi connectivity index (χ4v) is 14.0. The maximum absolute atomic E-state index is 12.7. The monoisotopic (exact) mass is 842 g/mol. The first-order valence-electron chi connectivity index (χ1n) is 21.5. The zero-order valence-corrected chi connectivity index (χ0v) is 35.2. The van der Waals surface area contributed by atoms with Crippen molar-refractivity contribution in [2.24, 2.45) is 50.7 Å². The second-order valence-corrected chi connectivity index (χ2v) is 20.6. The fourth-order valence-electron chi connectivity index (χ4n) is 14.0. The van der Waals surface area contributed by atoms with Crippen molar-refractivity contribution in [2.45, 2.75) is 178 Å². The van der Waals surface area contributed by atoms with E-state index in [0.717, 1.165) is 18.4 Å². The summed E-state index contributed by atoms with van der Waals surface area (Å²) in [4.78, 5) is 0. The van der Waals surface area contributed by atoms with Crippen LogP contribution in [0.1, 0.15) is 92.9 Å². The van der Waals surface area contributed by atoms with Crippen LogP contribution in [0.25, 0.3) is 0 Å². The molecule has 0 aromatic carbocycles. The number of hydrogen-bond donors (Lipinski definition) is 12. The van der Waals surface area contributed by atoms with Crippen molar-refractivity contribution in [1.82, 2.24) is 0 Å². The highest BCUT2D eigenvalue weighted by atomic mass is 16.8. The molecule has 0 aromatic heterocycles. The van der Waals surface area contributed by atoms with Gasteiger partial charge in [-0.05, 0) is 92.3 Å². The normalized spacial score (nSPS) is 56.7. The Morgan fingerprint density at radius 3 is 2.10 bits per heavy atom. The molecule has 0 amide bonds. The molecule has 16 nitrogen and oxygen atoms in total. The summed E-state index contributed by atoms with van der Waals surface area (Å²) in [7, 11) is 0. The lowest BCUT2D eigenvalue weighted by atomic mass is 9.32. The van der Waals surface area contributed by atoms with E-state index in [0.29, 0.717) is 38.5 Å². The lowest BCUT2D eigenvalue weighted by molar-refractivity contribution is -0.373. The molecule has 16 heteroatoms. The van der Waals surface area contributed by atoms with Gasteiger partial charge in [0.2, 0.25) is 6.29 Å². The van der Waals surface area contributed by atoms with Crippen LogP contribution < -0.4 is 0 Å². The van der Waals surface area contributed by atoms with E-state index in [1.807, 2.05) is 20.8 Å². The molecule has 338 valence electrons. The molecule has 7 rings (SSSR count). The van der Waals surface area contributed by atoms with E-state index in [-0.39, 0.29) is 35.5 Å². The van der Waals surface area contributed by atoms with E-state index in [1.54, 1.807) is 0 Å². The van der Waals surface area contributed by atoms with Gasteiger partial charge in [-0.3, -0.25) is 0 Å². The lowest BCUT2D eigenvalue weighted by Crippen LogP contribution is -2.69. The standard InChI is InChI=1S/C43H70O16/c1-19-10-13-43(20(2)56-36-31(52)28(49)29(50)32(58-36)35(54)59-37-30(51)27(48)26(47)23(17-44)57-37)15-14-40(5)21(33(43)42(19,7)55)8-9-25-38(3)16-22(46)34(53)39(4,18-45)24(38)11-12-41(25,40)6/h8,19,22-37,44-55H,2,9-18H2,1,3-7H3/t19-,22-,23-,24+,25-,26-,27+,28+,29+,30-,31-,32+,33+,34-,35-,36+,37-,38+,39+,40-,41-,42-,43-/m1/s1. The van der Waals surface area contributed by atoms with Gasteiger partial charge >= 0.3 is 0 Å². The Kier molecular flexibility index (Phi) is 12.0. The Morgan fingerprint density at radius 1 is 0.814 bits per heavy atom. The first-order valence-corrected chi connectivity index (χ1v) is 21.5. The summed E-state index contributed by atoms with van der Waals surface area (Å²) in [5.74, 6) is -0.352. The highest BCUT2D eigenvalue weighted by Gasteiger charge is 2.72. The van der Waals surface area contributed by atoms with Crippen molar-refractivity contribution in [3.63, 3.8) is 0 Å². The molecule has 5 aliphatic carbocycles. The van der Waals surface area contributed by atoms with E-state index >= 15 is 0 Å². The Balaban J connectivity index is 1.18. The number of hydrogen-bond acceptors (Lipinski definition) is 16. The number of rotatable bonds is 8. The first kappa shape index (κ1) is 45.7. The number of allylic oxidation sites excluding steroid dienone is 2. The first-order chi connectivity index (χ1) is 27.4. The van der Waals surface area contributed by atoms with Crippen molar-refractivity contribution in [2.75, 3.05) is 13.2 Å². The molecule has 0 bridgehead atoms. The molecule has 0 unspecified atom stereocenters. The predicted octanol–water partition coefficient (Wildman–Crippen LogP) is -0.464. The van der Waals surface area contributed by atoms with Gasteiger partial charge in [-0.25, -0.2) is 0 Å². The molecule has 7 aliphatic rings. The van der Waals surface area contributed by atoms with Gasteiger partial charge < -0.3 is 80.2 Å². The highest BCUT2D eigenvalue weighted by Crippen LogP contribution is 2.76. The Bertz CT molecular complexity index is 1610. The fraction of sp³-hybridized carbons (Fsp3) is 0.907. The zero-order valence-electron chi connectivity index (χ0n) is 35.2. The van der Waals surface area contributed by atoms with Crippen molar-refractivity contribution in [1.29, 1.82) is 0 Å². The van der Waals surface area contributed by atoms with E-state index in [9.17, 15) is 61.3 Å². The quantitative estimate of drug-likeness (QED) is 0.0837. The van der Waals surface area contributed by atoms with Gasteiger partial charge in [0.05, 0.1) is 36.8 Å². The topological polar surface area (TPSA) is 280 Å². The summed E-state index contributed by atoms with van der Waals surface area (Å²) in [6.45, 7) is 16.0. The van der Waals surface area contributed by atoms with Gasteiger partial charge in [0.25, 0.3) is 0 Å². The molecule has 12 N–H and O–H groups in total. The summed E-state index contributed by atoms with van der Waals surface area (Å²) >= 11 is 0. The van der Waals surface area contributed by atoms with Gasteiger partial charge in [0.1, 0.15) is 48.8 Å². The molecular formula is C43H70O16. The molecule has 6 fully saturated rings. The number of aliphatic hydroxyl groups excluding tert-OH is 11. The van der Waals surface area contributed by atoms with E-state index in [4.69, 9.17) is 18.9 Å². The smallest absolute Gasteiger partial charge is 0.228 e. The van der Waals surface area contributed by atoms with Crippen molar-refractivity contribution in [3.8, 4) is 0 Å². The third kappa shape index (κ3) is 6.48. The Hall–Kier alpha value is -1.32. The largest absolute Gasteiger partial charge is 0.466 e. The van der Waals surface area contributed by atoms with Gasteiger partial charge in [-0.15, -0.1) is 0 Å². The second kappa shape index (κ2) is 15.4. The average molecular weight is 843 g/mol. The van der Waals surface area contributed by atoms with Crippen LogP contribution >= 0.6 is 0 Å². The molecule has 2 saturated heterocycles. The molecule has 0 spiro atoms. The van der Waals surface area contributed by atoms with Crippen molar-refractivity contribution < 1.29 is 80.2 Å². The third-order valence-electron chi connectivity index (χ3n) is 18.0. The maximum atomic E-state index is 12.7. The van der Waals surface area contributed by atoms with Crippen LogP contribution in [0.2, 0.25) is 0 Å². The van der Waals surface area contributed by atoms with Gasteiger partial charge in [0.15, 0.2) is 12.6 Å². The molecule has 2 aliphatic heterocycles. The summed E-state index contributed by atoms with van der Waals surface area (Å²) in [5, 5.41) is 130.